The summed E-state index contributed by atoms with van der Waals surface area (Å²) in [6.07, 6.45) is 12.5. The molecule has 2 heterocycles. The number of aromatic nitrogens is 1. The molecule has 2 aliphatic rings. The molecule has 0 saturated heterocycles. The van der Waals surface area contributed by atoms with Crippen LogP contribution in [-0.2, 0) is 0 Å². The number of hydrogen-bond acceptors (Lipinski definition) is 1. The van der Waals surface area contributed by atoms with Gasteiger partial charge < -0.3 is 9.47 Å². The van der Waals surface area contributed by atoms with Gasteiger partial charge in [0.2, 0.25) is 0 Å². The first-order valence-electron chi connectivity index (χ1n) is 20.2. The molecule has 0 bridgehead atoms. The molecule has 8 aromatic rings. The van der Waals surface area contributed by atoms with E-state index in [1.54, 1.807) is 0 Å². The van der Waals surface area contributed by atoms with Crippen molar-refractivity contribution in [3.8, 4) is 39.1 Å². The lowest BCUT2D eigenvalue weighted by Gasteiger charge is -2.31. The fraction of sp³-hybridized carbons (Fsp3) is 0.0909. The first-order valence-corrected chi connectivity index (χ1v) is 20.2. The molecule has 2 unspecified atom stereocenters. The lowest BCUT2D eigenvalue weighted by Crippen LogP contribution is -2.30. The van der Waals surface area contributed by atoms with Crippen LogP contribution in [0.3, 0.4) is 0 Å². The number of fused-ring (bicyclic) bond motifs is 7. The average Bonchev–Trinajstić information content (AvgIpc) is 3.80. The summed E-state index contributed by atoms with van der Waals surface area (Å²) in [4.78, 5) is 2.57. The van der Waals surface area contributed by atoms with E-state index in [2.05, 4.69) is 230 Å². The topological polar surface area (TPSA) is 8.17 Å². The minimum Gasteiger partial charge on any atom is -0.333 e. The number of para-hydroxylation sites is 3. The molecule has 1 aliphatic carbocycles. The van der Waals surface area contributed by atoms with E-state index in [4.69, 9.17) is 0 Å². The molecule has 1 aromatic heterocycles. The third-order valence-electron chi connectivity index (χ3n) is 11.8. The van der Waals surface area contributed by atoms with Gasteiger partial charge >= 0.3 is 0 Å². The summed E-state index contributed by atoms with van der Waals surface area (Å²) in [5.41, 5.74) is 18.8. The summed E-state index contributed by atoms with van der Waals surface area (Å²) >= 11 is 0. The monoisotopic (exact) mass is 732 g/mol. The molecule has 0 radical (unpaired) electrons. The van der Waals surface area contributed by atoms with Gasteiger partial charge in [0.25, 0.3) is 0 Å². The summed E-state index contributed by atoms with van der Waals surface area (Å²) in [7, 11) is 0. The molecule has 0 saturated carbocycles. The van der Waals surface area contributed by atoms with Crippen molar-refractivity contribution in [3.63, 3.8) is 0 Å². The van der Waals surface area contributed by atoms with Crippen LogP contribution in [-0.4, -0.2) is 10.6 Å². The summed E-state index contributed by atoms with van der Waals surface area (Å²) in [6, 6.07) is 64.8. The Balaban J connectivity index is 1.06. The molecular formula is C55H44N2. The Hall–Kier alpha value is -6.90. The Morgan fingerprint density at radius 3 is 2.05 bits per heavy atom. The third-order valence-corrected chi connectivity index (χ3v) is 11.8. The second kappa shape index (κ2) is 14.6. The van der Waals surface area contributed by atoms with E-state index < -0.39 is 0 Å². The van der Waals surface area contributed by atoms with Gasteiger partial charge in [-0.15, -0.1) is 0 Å². The molecule has 2 nitrogen and oxygen atoms in total. The fourth-order valence-corrected chi connectivity index (χ4v) is 9.28. The fourth-order valence-electron chi connectivity index (χ4n) is 9.28. The van der Waals surface area contributed by atoms with Crippen molar-refractivity contribution in [1.29, 1.82) is 0 Å². The van der Waals surface area contributed by atoms with Gasteiger partial charge in [-0.25, -0.2) is 0 Å². The largest absolute Gasteiger partial charge is 0.333 e. The first kappa shape index (κ1) is 34.6. The highest BCUT2D eigenvalue weighted by atomic mass is 15.2. The quantitative estimate of drug-likeness (QED) is 0.141. The molecule has 10 rings (SSSR count). The number of anilines is 2. The van der Waals surface area contributed by atoms with E-state index in [1.165, 1.54) is 89.3 Å². The van der Waals surface area contributed by atoms with Gasteiger partial charge in [0, 0.05) is 28.2 Å². The van der Waals surface area contributed by atoms with E-state index in [-0.39, 0.29) is 12.0 Å². The molecule has 0 spiro atoms. The van der Waals surface area contributed by atoms with E-state index in [0.717, 1.165) is 6.42 Å². The number of nitrogens with zero attached hydrogens (tertiary/aromatic N) is 2. The van der Waals surface area contributed by atoms with E-state index >= 15 is 0 Å². The van der Waals surface area contributed by atoms with Crippen LogP contribution in [0.1, 0.15) is 48.6 Å². The van der Waals surface area contributed by atoms with Gasteiger partial charge in [-0.2, -0.15) is 0 Å². The Labute approximate surface area is 336 Å². The minimum absolute atomic E-state index is 0.134. The van der Waals surface area contributed by atoms with Crippen molar-refractivity contribution in [1.82, 2.24) is 4.57 Å². The standard InChI is InChI=1S/C55H44N2/c1-3-15-38(16-4-2)40-27-29-42(30-28-40)44-19-14-20-45(37-44)56-50-25-12-9-22-47(50)54-52(56)35-36-53-55(54)48-23-10-13-26-51(48)57(53)49-24-11-8-21-46(49)43-33-31-41(32-34-43)39-17-6-5-7-18-39/h3,5-37,52,54H,4H2,1-2H3/b15-3-,38-16+. The zero-order valence-electron chi connectivity index (χ0n) is 32.4. The Morgan fingerprint density at radius 2 is 1.25 bits per heavy atom. The van der Waals surface area contributed by atoms with Crippen molar-refractivity contribution >= 4 is 33.9 Å². The Kier molecular flexibility index (Phi) is 8.88. The van der Waals surface area contributed by atoms with Crippen LogP contribution in [0, 0.1) is 0 Å². The van der Waals surface area contributed by atoms with Crippen LogP contribution in [0.5, 0.6) is 0 Å². The van der Waals surface area contributed by atoms with Crippen LogP contribution in [0.4, 0.5) is 11.4 Å². The molecular weight excluding hydrogens is 689 g/mol. The van der Waals surface area contributed by atoms with Crippen molar-refractivity contribution in [2.75, 3.05) is 4.90 Å². The normalized spacial score (nSPS) is 15.9. The minimum atomic E-state index is 0.134. The van der Waals surface area contributed by atoms with Crippen molar-refractivity contribution in [2.45, 2.75) is 32.2 Å². The molecule has 2 heteroatoms. The maximum atomic E-state index is 2.57. The second-order valence-corrected chi connectivity index (χ2v) is 15.1. The number of allylic oxidation sites excluding steroid dienone is 4. The molecule has 274 valence electrons. The SMILES string of the molecule is C/C=C\C(=C/CC)c1ccc(-c2cccc(N3c4ccccc4C4c5c(n(-c6ccccc6-c6ccc(-c7ccccc7)cc6)c6ccccc56)C=CC43)c2)cc1. The van der Waals surface area contributed by atoms with E-state index in [0.29, 0.717) is 0 Å². The zero-order chi connectivity index (χ0) is 38.3. The van der Waals surface area contributed by atoms with Crippen LogP contribution in [0.2, 0.25) is 0 Å². The van der Waals surface area contributed by atoms with Gasteiger partial charge in [0.1, 0.15) is 0 Å². The van der Waals surface area contributed by atoms with Gasteiger partial charge in [-0.1, -0.05) is 177 Å². The number of rotatable bonds is 8. The highest BCUT2D eigenvalue weighted by Gasteiger charge is 2.43. The lowest BCUT2D eigenvalue weighted by molar-refractivity contribution is 0.725. The van der Waals surface area contributed by atoms with Crippen molar-refractivity contribution in [3.05, 3.63) is 223 Å². The van der Waals surface area contributed by atoms with Gasteiger partial charge in [0.05, 0.1) is 22.9 Å². The molecule has 1 aliphatic heterocycles. The van der Waals surface area contributed by atoms with Crippen LogP contribution < -0.4 is 4.90 Å². The van der Waals surface area contributed by atoms with Crippen molar-refractivity contribution in [2.24, 2.45) is 0 Å². The van der Waals surface area contributed by atoms with Crippen LogP contribution in [0.25, 0.3) is 61.6 Å². The summed E-state index contributed by atoms with van der Waals surface area (Å²) in [5.74, 6) is 0.169. The molecule has 57 heavy (non-hydrogen) atoms. The Morgan fingerprint density at radius 1 is 0.596 bits per heavy atom. The van der Waals surface area contributed by atoms with Crippen LogP contribution >= 0.6 is 0 Å². The Bertz CT molecular complexity index is 2830. The molecule has 0 N–H and O–H groups in total. The molecule has 7 aromatic carbocycles. The summed E-state index contributed by atoms with van der Waals surface area (Å²) in [5, 5.41) is 1.31. The van der Waals surface area contributed by atoms with Gasteiger partial charge in [0.15, 0.2) is 0 Å². The maximum Gasteiger partial charge on any atom is 0.0637 e. The number of hydrogen-bond donors (Lipinski definition) is 0. The first-order chi connectivity index (χ1) is 28.2. The van der Waals surface area contributed by atoms with E-state index in [1.807, 2.05) is 0 Å². The molecule has 2 atom stereocenters. The smallest absolute Gasteiger partial charge is 0.0637 e. The second-order valence-electron chi connectivity index (χ2n) is 15.1. The number of benzene rings is 7. The van der Waals surface area contributed by atoms with E-state index in [9.17, 15) is 0 Å². The van der Waals surface area contributed by atoms with Gasteiger partial charge in [-0.3, -0.25) is 0 Å². The van der Waals surface area contributed by atoms with Crippen molar-refractivity contribution < 1.29 is 0 Å². The summed E-state index contributed by atoms with van der Waals surface area (Å²) < 4.78 is 2.50. The van der Waals surface area contributed by atoms with Crippen LogP contribution in [0.15, 0.2) is 200 Å². The average molecular weight is 733 g/mol. The molecule has 0 fully saturated rings. The maximum absolute atomic E-state index is 2.57. The summed E-state index contributed by atoms with van der Waals surface area (Å²) in [6.45, 7) is 4.27. The molecule has 0 amide bonds. The highest BCUT2D eigenvalue weighted by molar-refractivity contribution is 5.96. The third kappa shape index (κ3) is 5.97. The highest BCUT2D eigenvalue weighted by Crippen LogP contribution is 2.54. The predicted octanol–water partition coefficient (Wildman–Crippen LogP) is 14.7. The lowest BCUT2D eigenvalue weighted by atomic mass is 9.82. The van der Waals surface area contributed by atoms with Gasteiger partial charge in [-0.05, 0) is 99.8 Å². The zero-order valence-corrected chi connectivity index (χ0v) is 32.4. The predicted molar refractivity (Wildman–Crippen MR) is 242 cm³/mol.